The van der Waals surface area contributed by atoms with Crippen molar-refractivity contribution in [3.63, 3.8) is 0 Å². The normalized spacial score (nSPS) is 12.3. The van der Waals surface area contributed by atoms with Gasteiger partial charge in [0.15, 0.2) is 0 Å². The molecule has 0 spiro atoms. The van der Waals surface area contributed by atoms with Crippen molar-refractivity contribution in [2.45, 2.75) is 24.8 Å². The summed E-state index contributed by atoms with van der Waals surface area (Å²) >= 11 is 0. The highest BCUT2D eigenvalue weighted by Crippen LogP contribution is 2.11. The number of rotatable bonds is 3. The van der Waals surface area contributed by atoms with E-state index in [0.29, 0.717) is 0 Å². The van der Waals surface area contributed by atoms with Gasteiger partial charge in [-0.05, 0) is 13.8 Å². The first kappa shape index (κ1) is 11.9. The number of aromatic nitrogens is 1. The van der Waals surface area contributed by atoms with Gasteiger partial charge in [0.25, 0.3) is 0 Å². The van der Waals surface area contributed by atoms with E-state index in [1.165, 1.54) is 25.5 Å². The summed E-state index contributed by atoms with van der Waals surface area (Å²) in [5.74, 6) is 0. The molecule has 15 heavy (non-hydrogen) atoms. The highest BCUT2D eigenvalue weighted by Gasteiger charge is 2.25. The summed E-state index contributed by atoms with van der Waals surface area (Å²) in [6.07, 6.45) is 2.60. The van der Waals surface area contributed by atoms with E-state index in [9.17, 15) is 13.2 Å². The van der Waals surface area contributed by atoms with Crippen LogP contribution in [-0.2, 0) is 10.0 Å². The SMILES string of the molecule is CC(C)N(C)S(=O)(=O)c1c[nH]ccc1=O. The largest absolute Gasteiger partial charge is 0.366 e. The number of hydrogen-bond acceptors (Lipinski definition) is 3. The molecule has 0 saturated carbocycles. The van der Waals surface area contributed by atoms with Gasteiger partial charge >= 0.3 is 0 Å². The van der Waals surface area contributed by atoms with E-state index in [1.54, 1.807) is 13.8 Å². The van der Waals surface area contributed by atoms with Gasteiger partial charge in [-0.25, -0.2) is 8.42 Å². The van der Waals surface area contributed by atoms with Gasteiger partial charge < -0.3 is 4.98 Å². The number of nitrogens with zero attached hydrogens (tertiary/aromatic N) is 1. The number of sulfonamides is 1. The Morgan fingerprint density at radius 3 is 2.47 bits per heavy atom. The summed E-state index contributed by atoms with van der Waals surface area (Å²) < 4.78 is 25.0. The van der Waals surface area contributed by atoms with E-state index in [-0.39, 0.29) is 10.9 Å². The molecule has 0 aromatic carbocycles. The van der Waals surface area contributed by atoms with Crippen LogP contribution in [0.4, 0.5) is 0 Å². The zero-order chi connectivity index (χ0) is 11.6. The van der Waals surface area contributed by atoms with Crippen LogP contribution in [0.15, 0.2) is 28.2 Å². The number of nitrogens with one attached hydrogen (secondary N) is 1. The lowest BCUT2D eigenvalue weighted by Crippen LogP contribution is -2.35. The molecule has 0 saturated heterocycles. The lowest BCUT2D eigenvalue weighted by Gasteiger charge is -2.20. The molecule has 0 unspecified atom stereocenters. The smallest absolute Gasteiger partial charge is 0.248 e. The van der Waals surface area contributed by atoms with Crippen LogP contribution >= 0.6 is 0 Å². The lowest BCUT2D eigenvalue weighted by molar-refractivity contribution is 0.410. The van der Waals surface area contributed by atoms with Crippen molar-refractivity contribution in [1.29, 1.82) is 0 Å². The quantitative estimate of drug-likeness (QED) is 0.817. The maximum Gasteiger partial charge on any atom is 0.248 e. The zero-order valence-corrected chi connectivity index (χ0v) is 9.71. The van der Waals surface area contributed by atoms with Gasteiger partial charge in [0.2, 0.25) is 15.5 Å². The Morgan fingerprint density at radius 1 is 1.40 bits per heavy atom. The van der Waals surface area contributed by atoms with Crippen molar-refractivity contribution in [3.8, 4) is 0 Å². The van der Waals surface area contributed by atoms with Crippen LogP contribution in [0.25, 0.3) is 0 Å². The summed E-state index contributed by atoms with van der Waals surface area (Å²) in [5.41, 5.74) is -0.499. The molecule has 84 valence electrons. The number of pyridine rings is 1. The maximum atomic E-state index is 11.9. The molecular formula is C9H14N2O3S. The second-order valence-electron chi connectivity index (χ2n) is 3.49. The summed E-state index contributed by atoms with van der Waals surface area (Å²) in [5, 5.41) is 0. The fourth-order valence-electron chi connectivity index (χ4n) is 1.04. The molecule has 1 aromatic rings. The fraction of sp³-hybridized carbons (Fsp3) is 0.444. The topological polar surface area (TPSA) is 70.2 Å². The maximum absolute atomic E-state index is 11.9. The number of aromatic amines is 1. The molecule has 1 heterocycles. The summed E-state index contributed by atoms with van der Waals surface area (Å²) in [6, 6.07) is 1.01. The molecular weight excluding hydrogens is 216 g/mol. The third-order valence-electron chi connectivity index (χ3n) is 2.17. The van der Waals surface area contributed by atoms with Gasteiger partial charge in [-0.3, -0.25) is 4.79 Å². The molecule has 0 radical (unpaired) electrons. The highest BCUT2D eigenvalue weighted by molar-refractivity contribution is 7.89. The van der Waals surface area contributed by atoms with Crippen LogP contribution in [0, 0.1) is 0 Å². The zero-order valence-electron chi connectivity index (χ0n) is 8.89. The third-order valence-corrected chi connectivity index (χ3v) is 4.23. The molecule has 0 aliphatic rings. The van der Waals surface area contributed by atoms with Crippen molar-refractivity contribution in [2.75, 3.05) is 7.05 Å². The predicted molar refractivity (Wildman–Crippen MR) is 57.1 cm³/mol. The molecule has 1 rings (SSSR count). The van der Waals surface area contributed by atoms with Gasteiger partial charge in [0.05, 0.1) is 0 Å². The van der Waals surface area contributed by atoms with Gasteiger partial charge in [0.1, 0.15) is 4.90 Å². The minimum absolute atomic E-state index is 0.186. The standard InChI is InChI=1S/C9H14N2O3S/c1-7(2)11(3)15(13,14)9-6-10-5-4-8(9)12/h4-7H,1-3H3,(H,10,12). The van der Waals surface area contributed by atoms with E-state index in [2.05, 4.69) is 4.98 Å². The molecule has 0 fully saturated rings. The molecule has 1 N–H and O–H groups in total. The first-order valence-corrected chi connectivity index (χ1v) is 5.96. The van der Waals surface area contributed by atoms with Crippen LogP contribution in [0.5, 0.6) is 0 Å². The molecule has 6 heteroatoms. The molecule has 1 aromatic heterocycles. The average molecular weight is 230 g/mol. The van der Waals surface area contributed by atoms with Gasteiger partial charge in [-0.15, -0.1) is 0 Å². The lowest BCUT2D eigenvalue weighted by atomic mass is 10.4. The Labute approximate surface area is 88.8 Å². The van der Waals surface area contributed by atoms with Crippen LogP contribution in [0.2, 0.25) is 0 Å². The number of hydrogen-bond donors (Lipinski definition) is 1. The van der Waals surface area contributed by atoms with E-state index in [4.69, 9.17) is 0 Å². The monoisotopic (exact) mass is 230 g/mol. The predicted octanol–water partition coefficient (Wildman–Crippen LogP) is 0.404. The Hall–Kier alpha value is -1.14. The van der Waals surface area contributed by atoms with Gasteiger partial charge in [0, 0.05) is 31.5 Å². The highest BCUT2D eigenvalue weighted by atomic mass is 32.2. The van der Waals surface area contributed by atoms with Gasteiger partial charge in [-0.1, -0.05) is 0 Å². The second kappa shape index (κ2) is 4.16. The van der Waals surface area contributed by atoms with Crippen LogP contribution in [0.1, 0.15) is 13.8 Å². The van der Waals surface area contributed by atoms with Crippen LogP contribution in [-0.4, -0.2) is 30.8 Å². The summed E-state index contributed by atoms with van der Waals surface area (Å²) in [7, 11) is -2.23. The minimum Gasteiger partial charge on any atom is -0.366 e. The molecule has 0 bridgehead atoms. The second-order valence-corrected chi connectivity index (χ2v) is 5.45. The Bertz CT molecular complexity index is 490. The molecule has 5 nitrogen and oxygen atoms in total. The van der Waals surface area contributed by atoms with Crippen molar-refractivity contribution in [3.05, 3.63) is 28.7 Å². The third kappa shape index (κ3) is 2.27. The van der Waals surface area contributed by atoms with Crippen LogP contribution in [0.3, 0.4) is 0 Å². The molecule has 0 aliphatic heterocycles. The van der Waals surface area contributed by atoms with Crippen molar-refractivity contribution >= 4 is 10.0 Å². The minimum atomic E-state index is -3.68. The van der Waals surface area contributed by atoms with E-state index >= 15 is 0 Å². The number of H-pyrrole nitrogens is 1. The van der Waals surface area contributed by atoms with E-state index in [1.807, 2.05) is 0 Å². The molecule has 0 amide bonds. The Balaban J connectivity index is 3.30. The first-order valence-electron chi connectivity index (χ1n) is 4.52. The van der Waals surface area contributed by atoms with Crippen molar-refractivity contribution in [1.82, 2.24) is 9.29 Å². The van der Waals surface area contributed by atoms with E-state index < -0.39 is 15.5 Å². The van der Waals surface area contributed by atoms with Crippen molar-refractivity contribution in [2.24, 2.45) is 0 Å². The Morgan fingerprint density at radius 2 is 2.00 bits per heavy atom. The van der Waals surface area contributed by atoms with Crippen molar-refractivity contribution < 1.29 is 8.42 Å². The van der Waals surface area contributed by atoms with Crippen LogP contribution < -0.4 is 5.43 Å². The van der Waals surface area contributed by atoms with Gasteiger partial charge in [-0.2, -0.15) is 4.31 Å². The first-order chi connectivity index (χ1) is 6.87. The molecule has 0 atom stereocenters. The fourth-order valence-corrected chi connectivity index (χ4v) is 2.44. The summed E-state index contributed by atoms with van der Waals surface area (Å²) in [6.45, 7) is 3.49. The average Bonchev–Trinajstić information content (AvgIpc) is 2.16. The Kier molecular flexibility index (Phi) is 3.31. The molecule has 0 aliphatic carbocycles. The summed E-state index contributed by atoms with van der Waals surface area (Å²) in [4.78, 5) is 13.7. The van der Waals surface area contributed by atoms with E-state index in [0.717, 1.165) is 4.31 Å².